The molecule has 2 rings (SSSR count). The van der Waals surface area contributed by atoms with E-state index in [-0.39, 0.29) is 37.3 Å². The van der Waals surface area contributed by atoms with Crippen molar-refractivity contribution in [2.24, 2.45) is 5.92 Å². The van der Waals surface area contributed by atoms with E-state index in [9.17, 15) is 9.59 Å². The molecule has 1 atom stereocenters. The molecule has 1 aliphatic heterocycles. The Morgan fingerprint density at radius 3 is 2.41 bits per heavy atom. The van der Waals surface area contributed by atoms with Gasteiger partial charge < -0.3 is 14.9 Å². The lowest BCUT2D eigenvalue weighted by Gasteiger charge is -2.37. The Morgan fingerprint density at radius 2 is 1.85 bits per heavy atom. The molecule has 0 aliphatic carbocycles. The monoisotopic (exact) mass is 414 g/mol. The fraction of sp³-hybridized carbons (Fsp3) is 0.600. The number of carbonyl (C=O) groups is 2. The summed E-state index contributed by atoms with van der Waals surface area (Å²) in [7, 11) is 0. The maximum Gasteiger partial charge on any atom is 0.305 e. The van der Waals surface area contributed by atoms with Crippen LogP contribution in [0.15, 0.2) is 18.2 Å². The molecular formula is C20H28Cl2N2O3. The minimum atomic E-state index is -0.897. The lowest BCUT2D eigenvalue weighted by molar-refractivity contribution is -0.139. The molecule has 0 radical (unpaired) electrons. The van der Waals surface area contributed by atoms with E-state index in [0.717, 1.165) is 25.2 Å². The van der Waals surface area contributed by atoms with E-state index in [1.165, 1.54) is 12.8 Å². The van der Waals surface area contributed by atoms with Crippen LogP contribution >= 0.6 is 23.2 Å². The van der Waals surface area contributed by atoms with E-state index in [4.69, 9.17) is 28.3 Å². The average molecular weight is 415 g/mol. The van der Waals surface area contributed by atoms with Gasteiger partial charge in [0.1, 0.15) is 0 Å². The Hall–Kier alpha value is -1.30. The smallest absolute Gasteiger partial charge is 0.305 e. The van der Waals surface area contributed by atoms with Gasteiger partial charge in [-0.15, -0.1) is 0 Å². The van der Waals surface area contributed by atoms with Gasteiger partial charge in [0.25, 0.3) is 0 Å². The van der Waals surface area contributed by atoms with Gasteiger partial charge in [-0.25, -0.2) is 0 Å². The summed E-state index contributed by atoms with van der Waals surface area (Å²) in [5.41, 5.74) is 0.776. The Balaban J connectivity index is 2.17. The first-order chi connectivity index (χ1) is 12.8. The summed E-state index contributed by atoms with van der Waals surface area (Å²) >= 11 is 12.0. The van der Waals surface area contributed by atoms with Gasteiger partial charge in [-0.05, 0) is 49.5 Å². The van der Waals surface area contributed by atoms with E-state index >= 15 is 0 Å². The summed E-state index contributed by atoms with van der Waals surface area (Å²) in [5.74, 6) is -0.740. The predicted octanol–water partition coefficient (Wildman–Crippen LogP) is 3.96. The molecule has 150 valence electrons. The van der Waals surface area contributed by atoms with Gasteiger partial charge in [0.05, 0.1) is 22.9 Å². The van der Waals surface area contributed by atoms with Crippen molar-refractivity contribution in [2.75, 3.05) is 26.2 Å². The van der Waals surface area contributed by atoms with Crippen molar-refractivity contribution < 1.29 is 14.7 Å². The first kappa shape index (κ1) is 22.0. The lowest BCUT2D eigenvalue weighted by Crippen LogP contribution is -2.50. The molecule has 0 spiro atoms. The maximum absolute atomic E-state index is 13.1. The van der Waals surface area contributed by atoms with Crippen LogP contribution in [0, 0.1) is 5.92 Å². The minimum absolute atomic E-state index is 0.0160. The first-order valence-corrected chi connectivity index (χ1v) is 10.2. The quantitative estimate of drug-likeness (QED) is 0.663. The second-order valence-corrected chi connectivity index (χ2v) is 8.29. The molecule has 1 N–H and O–H groups in total. The molecule has 7 heteroatoms. The normalized spacial score (nSPS) is 15.9. The summed E-state index contributed by atoms with van der Waals surface area (Å²) in [6.45, 7) is 7.24. The number of rotatable bonds is 9. The van der Waals surface area contributed by atoms with Crippen LogP contribution in [-0.4, -0.2) is 59.0 Å². The standard InChI is InChI=1S/C20H28Cl2N2O3/c1-14(2)18(13-23-8-3-4-9-23)24(10-7-20(26)27)19(25)12-15-5-6-16(21)17(22)11-15/h5-6,11,14,18H,3-4,7-10,12-13H2,1-2H3,(H,26,27). The lowest BCUT2D eigenvalue weighted by atomic mass is 10.00. The SMILES string of the molecule is CC(C)C(CN1CCCC1)N(CCC(=O)O)C(=O)Cc1ccc(Cl)c(Cl)c1. The van der Waals surface area contributed by atoms with Gasteiger partial charge in [-0.3, -0.25) is 9.59 Å². The topological polar surface area (TPSA) is 60.9 Å². The van der Waals surface area contributed by atoms with Crippen molar-refractivity contribution in [3.63, 3.8) is 0 Å². The van der Waals surface area contributed by atoms with E-state index in [1.54, 1.807) is 23.1 Å². The number of carboxylic acids is 1. The number of carboxylic acid groups (broad SMARTS) is 1. The molecular weight excluding hydrogens is 387 g/mol. The van der Waals surface area contributed by atoms with Crippen LogP contribution < -0.4 is 0 Å². The Bertz CT molecular complexity index is 661. The van der Waals surface area contributed by atoms with Crippen LogP contribution in [0.4, 0.5) is 0 Å². The van der Waals surface area contributed by atoms with Crippen molar-refractivity contribution in [3.05, 3.63) is 33.8 Å². The van der Waals surface area contributed by atoms with E-state index in [0.29, 0.717) is 10.0 Å². The number of halogens is 2. The highest BCUT2D eigenvalue weighted by molar-refractivity contribution is 6.42. The van der Waals surface area contributed by atoms with Crippen LogP contribution in [0.5, 0.6) is 0 Å². The summed E-state index contributed by atoms with van der Waals surface area (Å²) in [4.78, 5) is 28.3. The first-order valence-electron chi connectivity index (χ1n) is 9.45. The molecule has 1 aliphatic rings. The Labute approximate surface area is 171 Å². The molecule has 1 heterocycles. The zero-order valence-electron chi connectivity index (χ0n) is 16.0. The molecule has 1 saturated heterocycles. The molecule has 0 bridgehead atoms. The van der Waals surface area contributed by atoms with Crippen molar-refractivity contribution >= 4 is 35.1 Å². The highest BCUT2D eigenvalue weighted by Gasteiger charge is 2.29. The van der Waals surface area contributed by atoms with E-state index in [1.807, 2.05) is 0 Å². The van der Waals surface area contributed by atoms with Crippen molar-refractivity contribution in [3.8, 4) is 0 Å². The van der Waals surface area contributed by atoms with Crippen LogP contribution in [0.25, 0.3) is 0 Å². The molecule has 0 aromatic heterocycles. The van der Waals surface area contributed by atoms with Crippen LogP contribution in [0.1, 0.15) is 38.7 Å². The number of aliphatic carboxylic acids is 1. The van der Waals surface area contributed by atoms with Gasteiger partial charge in [0.15, 0.2) is 0 Å². The summed E-state index contributed by atoms with van der Waals surface area (Å²) < 4.78 is 0. The van der Waals surface area contributed by atoms with Gasteiger partial charge >= 0.3 is 5.97 Å². The third-order valence-electron chi connectivity index (χ3n) is 5.04. The number of hydrogen-bond acceptors (Lipinski definition) is 3. The molecule has 0 saturated carbocycles. The van der Waals surface area contributed by atoms with Crippen molar-refractivity contribution in [1.82, 2.24) is 9.80 Å². The molecule has 1 fully saturated rings. The number of nitrogens with zero attached hydrogens (tertiary/aromatic N) is 2. The van der Waals surface area contributed by atoms with Crippen LogP contribution in [-0.2, 0) is 16.0 Å². The fourth-order valence-electron chi connectivity index (χ4n) is 3.52. The largest absolute Gasteiger partial charge is 0.481 e. The number of amides is 1. The van der Waals surface area contributed by atoms with Gasteiger partial charge in [0, 0.05) is 19.1 Å². The van der Waals surface area contributed by atoms with Gasteiger partial charge in [-0.2, -0.15) is 0 Å². The Kier molecular flexibility index (Phi) is 8.39. The number of benzene rings is 1. The zero-order chi connectivity index (χ0) is 20.0. The molecule has 27 heavy (non-hydrogen) atoms. The average Bonchev–Trinajstić information content (AvgIpc) is 3.10. The maximum atomic E-state index is 13.1. The van der Waals surface area contributed by atoms with Crippen LogP contribution in [0.3, 0.4) is 0 Å². The van der Waals surface area contributed by atoms with Crippen LogP contribution in [0.2, 0.25) is 10.0 Å². The number of hydrogen-bond donors (Lipinski definition) is 1. The predicted molar refractivity (Wildman–Crippen MR) is 108 cm³/mol. The number of carbonyl (C=O) groups excluding carboxylic acids is 1. The third-order valence-corrected chi connectivity index (χ3v) is 5.78. The summed E-state index contributed by atoms with van der Waals surface area (Å²) in [5, 5.41) is 9.99. The highest BCUT2D eigenvalue weighted by Crippen LogP contribution is 2.24. The van der Waals surface area contributed by atoms with Crippen molar-refractivity contribution in [1.29, 1.82) is 0 Å². The third kappa shape index (κ3) is 6.66. The highest BCUT2D eigenvalue weighted by atomic mass is 35.5. The van der Waals surface area contributed by atoms with Gasteiger partial charge in [-0.1, -0.05) is 43.1 Å². The summed E-state index contributed by atoms with van der Waals surface area (Å²) in [6, 6.07) is 5.14. The molecule has 1 aromatic rings. The Morgan fingerprint density at radius 1 is 1.19 bits per heavy atom. The van der Waals surface area contributed by atoms with Crippen molar-refractivity contribution in [2.45, 2.75) is 45.6 Å². The molecule has 1 unspecified atom stereocenters. The summed E-state index contributed by atoms with van der Waals surface area (Å²) in [6.07, 6.45) is 2.48. The number of likely N-dealkylation sites (tertiary alicyclic amines) is 1. The second kappa shape index (κ2) is 10.3. The molecule has 1 aromatic carbocycles. The molecule has 1 amide bonds. The van der Waals surface area contributed by atoms with E-state index < -0.39 is 5.97 Å². The van der Waals surface area contributed by atoms with E-state index in [2.05, 4.69) is 18.7 Å². The zero-order valence-corrected chi connectivity index (χ0v) is 17.5. The molecule has 5 nitrogen and oxygen atoms in total. The minimum Gasteiger partial charge on any atom is -0.481 e. The van der Waals surface area contributed by atoms with Gasteiger partial charge in [0.2, 0.25) is 5.91 Å². The second-order valence-electron chi connectivity index (χ2n) is 7.48. The fourth-order valence-corrected chi connectivity index (χ4v) is 3.84.